The summed E-state index contributed by atoms with van der Waals surface area (Å²) in [7, 11) is 0. The number of rotatable bonds is 5. The minimum absolute atomic E-state index is 0.00769. The summed E-state index contributed by atoms with van der Waals surface area (Å²) < 4.78 is 0. The maximum Gasteiger partial charge on any atom is 0.266 e. The van der Waals surface area contributed by atoms with Gasteiger partial charge in [-0.2, -0.15) is 0 Å². The van der Waals surface area contributed by atoms with Gasteiger partial charge >= 0.3 is 0 Å². The highest BCUT2D eigenvalue weighted by atomic mass is 32.1. The van der Waals surface area contributed by atoms with Gasteiger partial charge in [0.2, 0.25) is 0 Å². The Morgan fingerprint density at radius 2 is 1.90 bits per heavy atom. The first-order valence-corrected chi connectivity index (χ1v) is 8.31. The normalized spacial score (nSPS) is 12.4. The van der Waals surface area contributed by atoms with Crippen LogP contribution in [0.25, 0.3) is 0 Å². The second-order valence-corrected chi connectivity index (χ2v) is 6.92. The van der Waals surface area contributed by atoms with Crippen LogP contribution in [-0.2, 0) is 0 Å². The lowest BCUT2D eigenvalue weighted by Gasteiger charge is -2.18. The highest BCUT2D eigenvalue weighted by Crippen LogP contribution is 2.30. The number of anilines is 1. The fourth-order valence-electron chi connectivity index (χ4n) is 2.66. The second kappa shape index (κ2) is 6.90. The van der Waals surface area contributed by atoms with Gasteiger partial charge < -0.3 is 5.32 Å². The molecular weight excluding hydrogens is 278 g/mol. The van der Waals surface area contributed by atoms with Crippen LogP contribution in [0.1, 0.15) is 53.9 Å². The predicted octanol–water partition coefficient (Wildman–Crippen LogP) is 5.46. The van der Waals surface area contributed by atoms with Crippen molar-refractivity contribution < 1.29 is 4.79 Å². The summed E-state index contributed by atoms with van der Waals surface area (Å²) in [6, 6.07) is 10.1. The minimum atomic E-state index is -0.00769. The van der Waals surface area contributed by atoms with Gasteiger partial charge in [0.1, 0.15) is 0 Å². The Labute approximate surface area is 131 Å². The number of hydrogen-bond acceptors (Lipinski definition) is 2. The molecule has 0 aliphatic carbocycles. The molecule has 0 aliphatic heterocycles. The molecule has 2 nitrogen and oxygen atoms in total. The number of para-hydroxylation sites is 1. The van der Waals surface area contributed by atoms with Crippen LogP contribution in [0.3, 0.4) is 0 Å². The molecule has 1 aromatic heterocycles. The van der Waals surface area contributed by atoms with Crippen LogP contribution < -0.4 is 5.32 Å². The molecule has 0 saturated carbocycles. The van der Waals surface area contributed by atoms with Gasteiger partial charge in [0, 0.05) is 5.69 Å². The molecule has 1 aromatic carbocycles. The van der Waals surface area contributed by atoms with Crippen LogP contribution in [0.2, 0.25) is 0 Å². The van der Waals surface area contributed by atoms with Crippen molar-refractivity contribution in [3.8, 4) is 0 Å². The lowest BCUT2D eigenvalue weighted by atomic mass is 9.91. The molecule has 0 aliphatic rings. The summed E-state index contributed by atoms with van der Waals surface area (Å²) in [5.74, 6) is 1.07. The molecular formula is C18H23NOS. The van der Waals surface area contributed by atoms with E-state index in [9.17, 15) is 4.79 Å². The summed E-state index contributed by atoms with van der Waals surface area (Å²) in [6.45, 7) is 8.65. The van der Waals surface area contributed by atoms with Crippen molar-refractivity contribution in [3.63, 3.8) is 0 Å². The van der Waals surface area contributed by atoms with Crippen molar-refractivity contribution >= 4 is 22.9 Å². The van der Waals surface area contributed by atoms with Gasteiger partial charge in [0.15, 0.2) is 0 Å². The molecule has 2 rings (SSSR count). The third-order valence-electron chi connectivity index (χ3n) is 3.63. The number of carbonyl (C=O) groups is 1. The molecule has 0 radical (unpaired) electrons. The van der Waals surface area contributed by atoms with E-state index in [4.69, 9.17) is 0 Å². The zero-order valence-electron chi connectivity index (χ0n) is 13.1. The molecule has 1 N–H and O–H groups in total. The molecule has 1 heterocycles. The number of hydrogen-bond donors (Lipinski definition) is 1. The Morgan fingerprint density at radius 3 is 2.52 bits per heavy atom. The van der Waals surface area contributed by atoms with E-state index in [1.165, 1.54) is 16.9 Å². The van der Waals surface area contributed by atoms with Crippen molar-refractivity contribution in [2.24, 2.45) is 5.92 Å². The number of benzene rings is 1. The van der Waals surface area contributed by atoms with E-state index in [1.54, 1.807) is 0 Å². The van der Waals surface area contributed by atoms with Crippen molar-refractivity contribution in [3.05, 3.63) is 51.7 Å². The van der Waals surface area contributed by atoms with Gasteiger partial charge in [-0.15, -0.1) is 11.3 Å². The first kappa shape index (κ1) is 15.8. The summed E-state index contributed by atoms with van der Waals surface area (Å²) in [5, 5.41) is 5.04. The Hall–Kier alpha value is -1.61. The lowest BCUT2D eigenvalue weighted by molar-refractivity contribution is 0.103. The van der Waals surface area contributed by atoms with Gasteiger partial charge in [0.25, 0.3) is 5.91 Å². The number of carbonyl (C=O) groups excluding carboxylic acids is 1. The summed E-state index contributed by atoms with van der Waals surface area (Å²) in [5.41, 5.74) is 3.18. The summed E-state index contributed by atoms with van der Waals surface area (Å²) in [4.78, 5) is 13.2. The maximum absolute atomic E-state index is 12.4. The predicted molar refractivity (Wildman–Crippen MR) is 91.3 cm³/mol. The van der Waals surface area contributed by atoms with E-state index in [1.807, 2.05) is 36.6 Å². The molecule has 21 heavy (non-hydrogen) atoms. The largest absolute Gasteiger partial charge is 0.321 e. The van der Waals surface area contributed by atoms with Gasteiger partial charge in [-0.25, -0.2) is 0 Å². The van der Waals surface area contributed by atoms with E-state index in [0.717, 1.165) is 22.5 Å². The average molecular weight is 301 g/mol. The van der Waals surface area contributed by atoms with Crippen molar-refractivity contribution in [2.75, 3.05) is 5.32 Å². The van der Waals surface area contributed by atoms with Gasteiger partial charge in [-0.3, -0.25) is 4.79 Å². The Morgan fingerprint density at radius 1 is 1.19 bits per heavy atom. The molecule has 1 atom stereocenters. The molecule has 0 bridgehead atoms. The molecule has 1 unspecified atom stereocenters. The lowest BCUT2D eigenvalue weighted by Crippen LogP contribution is -2.14. The summed E-state index contributed by atoms with van der Waals surface area (Å²) >= 11 is 1.49. The zero-order chi connectivity index (χ0) is 15.4. The highest BCUT2D eigenvalue weighted by molar-refractivity contribution is 7.12. The van der Waals surface area contributed by atoms with Crippen LogP contribution in [0, 0.1) is 12.8 Å². The Bertz CT molecular complexity index is 615. The van der Waals surface area contributed by atoms with E-state index >= 15 is 0 Å². The average Bonchev–Trinajstić information content (AvgIpc) is 2.84. The number of nitrogens with one attached hydrogen (secondary N) is 1. The molecule has 1 amide bonds. The molecule has 2 aromatic rings. The van der Waals surface area contributed by atoms with E-state index in [2.05, 4.69) is 32.2 Å². The quantitative estimate of drug-likeness (QED) is 0.780. The minimum Gasteiger partial charge on any atom is -0.321 e. The van der Waals surface area contributed by atoms with Crippen LogP contribution in [0.4, 0.5) is 5.69 Å². The Kier molecular flexibility index (Phi) is 5.18. The van der Waals surface area contributed by atoms with E-state index < -0.39 is 0 Å². The van der Waals surface area contributed by atoms with Crippen molar-refractivity contribution in [1.82, 2.24) is 0 Å². The molecule has 3 heteroatoms. The number of aryl methyl sites for hydroxylation is 1. The van der Waals surface area contributed by atoms with Gasteiger partial charge in [-0.1, -0.05) is 39.0 Å². The molecule has 112 valence electrons. The fourth-order valence-corrected chi connectivity index (χ4v) is 3.48. The van der Waals surface area contributed by atoms with Gasteiger partial charge in [-0.05, 0) is 53.8 Å². The number of thiophene rings is 1. The molecule has 0 saturated heterocycles. The summed E-state index contributed by atoms with van der Waals surface area (Å²) in [6.07, 6.45) is 1.12. The first-order chi connectivity index (χ1) is 9.99. The standard InChI is InChI=1S/C18H23NOS/c1-12(2)11-14(4)15-7-5-6-8-16(15)19-18(20)17-13(3)9-10-21-17/h5-10,12,14H,11H2,1-4H3,(H,19,20). The van der Waals surface area contributed by atoms with E-state index in [0.29, 0.717) is 11.8 Å². The third kappa shape index (κ3) is 3.94. The van der Waals surface area contributed by atoms with Crippen LogP contribution in [-0.4, -0.2) is 5.91 Å². The molecule has 0 fully saturated rings. The van der Waals surface area contributed by atoms with Crippen LogP contribution in [0.15, 0.2) is 35.7 Å². The first-order valence-electron chi connectivity index (χ1n) is 7.43. The fraction of sp³-hybridized carbons (Fsp3) is 0.389. The second-order valence-electron chi connectivity index (χ2n) is 6.00. The Balaban J connectivity index is 2.21. The topological polar surface area (TPSA) is 29.1 Å². The van der Waals surface area contributed by atoms with E-state index in [-0.39, 0.29) is 5.91 Å². The van der Waals surface area contributed by atoms with Gasteiger partial charge in [0.05, 0.1) is 4.88 Å². The zero-order valence-corrected chi connectivity index (χ0v) is 14.0. The number of amides is 1. The highest BCUT2D eigenvalue weighted by Gasteiger charge is 2.16. The van der Waals surface area contributed by atoms with Crippen molar-refractivity contribution in [1.29, 1.82) is 0 Å². The SMILES string of the molecule is Cc1ccsc1C(=O)Nc1ccccc1C(C)CC(C)C. The monoisotopic (exact) mass is 301 g/mol. The third-order valence-corrected chi connectivity index (χ3v) is 4.65. The maximum atomic E-state index is 12.4. The van der Waals surface area contributed by atoms with Crippen LogP contribution >= 0.6 is 11.3 Å². The smallest absolute Gasteiger partial charge is 0.266 e. The van der Waals surface area contributed by atoms with Crippen molar-refractivity contribution in [2.45, 2.75) is 40.0 Å². The molecule has 0 spiro atoms. The van der Waals surface area contributed by atoms with Crippen LogP contribution in [0.5, 0.6) is 0 Å².